The molecule has 0 saturated carbocycles. The molecular weight excluding hydrogens is 532 g/mol. The maximum absolute atomic E-state index is 13.9. The molecule has 5 aromatic rings. The van der Waals surface area contributed by atoms with Crippen molar-refractivity contribution >= 4 is 44.2 Å². The average Bonchev–Trinajstić information content (AvgIpc) is 3.63. The summed E-state index contributed by atoms with van der Waals surface area (Å²) in [6.07, 6.45) is 6.93. The highest BCUT2D eigenvalue weighted by Gasteiger charge is 2.27. The first kappa shape index (κ1) is 26.5. The van der Waals surface area contributed by atoms with E-state index in [-0.39, 0.29) is 10.8 Å². The van der Waals surface area contributed by atoms with Crippen molar-refractivity contribution in [3.63, 3.8) is 0 Å². The van der Waals surface area contributed by atoms with Crippen molar-refractivity contribution in [3.05, 3.63) is 114 Å². The van der Waals surface area contributed by atoms with E-state index in [9.17, 15) is 13.2 Å². The van der Waals surface area contributed by atoms with E-state index in [1.54, 1.807) is 42.0 Å². The summed E-state index contributed by atoms with van der Waals surface area (Å²) < 4.78 is 29.6. The average molecular weight is 559 g/mol. The van der Waals surface area contributed by atoms with E-state index < -0.39 is 15.9 Å². The Bertz CT molecular complexity index is 1710. The van der Waals surface area contributed by atoms with Gasteiger partial charge in [0.05, 0.1) is 10.6 Å². The number of aromatic amines is 1. The summed E-state index contributed by atoms with van der Waals surface area (Å²) in [6, 6.07) is 24.2. The van der Waals surface area contributed by atoms with Crippen LogP contribution in [0.2, 0.25) is 0 Å². The van der Waals surface area contributed by atoms with Gasteiger partial charge in [-0.05, 0) is 59.5 Å². The summed E-state index contributed by atoms with van der Waals surface area (Å²) in [7, 11) is -3.81. The van der Waals surface area contributed by atoms with Crippen LogP contribution in [0.1, 0.15) is 16.7 Å². The fourth-order valence-corrected chi connectivity index (χ4v) is 7.11. The Morgan fingerprint density at radius 1 is 1.03 bits per heavy atom. The van der Waals surface area contributed by atoms with Crippen LogP contribution in [0.3, 0.4) is 0 Å². The molecule has 198 valence electrons. The van der Waals surface area contributed by atoms with Crippen molar-refractivity contribution < 1.29 is 18.4 Å². The Labute approximate surface area is 230 Å². The number of H-pyrrole nitrogens is 1. The van der Waals surface area contributed by atoms with Crippen LogP contribution in [-0.2, 0) is 27.8 Å². The van der Waals surface area contributed by atoms with E-state index in [1.807, 2.05) is 60.8 Å². The third-order valence-electron chi connectivity index (χ3n) is 6.27. The van der Waals surface area contributed by atoms with E-state index in [2.05, 4.69) is 9.97 Å². The lowest BCUT2D eigenvalue weighted by Crippen LogP contribution is -2.32. The van der Waals surface area contributed by atoms with Gasteiger partial charge in [0, 0.05) is 42.5 Å². The first-order valence-electron chi connectivity index (χ1n) is 12.2. The van der Waals surface area contributed by atoms with Crippen molar-refractivity contribution in [2.45, 2.75) is 17.2 Å². The molecule has 2 aromatic carbocycles. The van der Waals surface area contributed by atoms with E-state index >= 15 is 0 Å². The minimum absolute atomic E-state index is 0.183. The maximum atomic E-state index is 13.9. The number of para-hydroxylation sites is 1. The van der Waals surface area contributed by atoms with Crippen molar-refractivity contribution in [1.82, 2.24) is 19.8 Å². The number of fused-ring (bicyclic) bond motifs is 1. The van der Waals surface area contributed by atoms with Gasteiger partial charge < -0.3 is 4.98 Å². The number of amides is 1. The number of hydrogen-bond donors (Lipinski definition) is 3. The SMILES string of the molecule is O=C(/C=C/c1ccc(CN(CCc2c[nH]c3ccccc23)S(=O)(=O)c2ccc(-c3ccccn3)s2)cc1)NO. The summed E-state index contributed by atoms with van der Waals surface area (Å²) in [5.74, 6) is -0.630. The highest BCUT2D eigenvalue weighted by atomic mass is 32.2. The molecule has 0 aliphatic rings. The third-order valence-corrected chi connectivity index (χ3v) is 9.69. The monoisotopic (exact) mass is 558 g/mol. The summed E-state index contributed by atoms with van der Waals surface area (Å²) in [5.41, 5.74) is 5.89. The Balaban J connectivity index is 1.42. The van der Waals surface area contributed by atoms with Gasteiger partial charge >= 0.3 is 0 Å². The van der Waals surface area contributed by atoms with Gasteiger partial charge in [-0.2, -0.15) is 4.31 Å². The molecule has 8 nitrogen and oxygen atoms in total. The second-order valence-corrected chi connectivity index (χ2v) is 12.1. The standard InChI is InChI=1S/C29H26N4O4S2/c34-28(32-35)14-12-21-8-10-22(11-9-21)20-33(18-16-23-19-31-25-6-2-1-5-24(23)25)39(36,37)29-15-13-27(38-29)26-7-3-4-17-30-26/h1-15,17,19,31,35H,16,18,20H2,(H,32,34)/b14-12+. The van der Waals surface area contributed by atoms with Gasteiger partial charge in [-0.1, -0.05) is 48.5 Å². The fourth-order valence-electron chi connectivity index (χ4n) is 4.25. The number of sulfonamides is 1. The molecule has 3 heterocycles. The largest absolute Gasteiger partial charge is 0.361 e. The van der Waals surface area contributed by atoms with Gasteiger partial charge in [0.15, 0.2) is 0 Å². The predicted octanol–water partition coefficient (Wildman–Crippen LogP) is 5.24. The Morgan fingerprint density at radius 3 is 2.59 bits per heavy atom. The Hall–Kier alpha value is -4.09. The van der Waals surface area contributed by atoms with Crippen molar-refractivity contribution in [1.29, 1.82) is 0 Å². The molecule has 39 heavy (non-hydrogen) atoms. The zero-order chi connectivity index (χ0) is 27.2. The molecule has 0 aliphatic carbocycles. The molecule has 3 aromatic heterocycles. The van der Waals surface area contributed by atoms with E-state index in [0.717, 1.165) is 38.2 Å². The molecule has 0 saturated heterocycles. The molecule has 1 amide bonds. The zero-order valence-electron chi connectivity index (χ0n) is 20.8. The van der Waals surface area contributed by atoms with Crippen molar-refractivity contribution in [2.75, 3.05) is 6.54 Å². The number of thiophene rings is 1. The molecule has 0 atom stereocenters. The van der Waals surface area contributed by atoms with Crippen LogP contribution < -0.4 is 5.48 Å². The molecular formula is C29H26N4O4S2. The van der Waals surface area contributed by atoms with Crippen LogP contribution in [-0.4, -0.2) is 40.4 Å². The number of pyridine rings is 1. The van der Waals surface area contributed by atoms with E-state index in [0.29, 0.717) is 13.0 Å². The first-order valence-corrected chi connectivity index (χ1v) is 14.5. The molecule has 0 radical (unpaired) electrons. The second-order valence-electron chi connectivity index (χ2n) is 8.83. The lowest BCUT2D eigenvalue weighted by atomic mass is 10.1. The topological polar surface area (TPSA) is 115 Å². The number of benzene rings is 2. The summed E-state index contributed by atoms with van der Waals surface area (Å²) in [4.78, 5) is 19.7. The first-order chi connectivity index (χ1) is 18.9. The van der Waals surface area contributed by atoms with Crippen LogP contribution >= 0.6 is 11.3 Å². The Morgan fingerprint density at radius 2 is 1.82 bits per heavy atom. The van der Waals surface area contributed by atoms with E-state index in [4.69, 9.17) is 5.21 Å². The molecule has 0 fully saturated rings. The molecule has 5 rings (SSSR count). The number of hydroxylamine groups is 1. The number of carbonyl (C=O) groups excluding carboxylic acids is 1. The van der Waals surface area contributed by atoms with Gasteiger partial charge in [-0.15, -0.1) is 11.3 Å². The highest BCUT2D eigenvalue weighted by molar-refractivity contribution is 7.91. The predicted molar refractivity (Wildman–Crippen MR) is 153 cm³/mol. The van der Waals surface area contributed by atoms with Crippen LogP contribution in [0.25, 0.3) is 27.6 Å². The lowest BCUT2D eigenvalue weighted by Gasteiger charge is -2.21. The summed E-state index contributed by atoms with van der Waals surface area (Å²) in [5, 5.41) is 9.73. The highest BCUT2D eigenvalue weighted by Crippen LogP contribution is 2.32. The normalized spacial score (nSPS) is 11.9. The fraction of sp³-hybridized carbons (Fsp3) is 0.103. The minimum atomic E-state index is -3.81. The smallest absolute Gasteiger partial charge is 0.267 e. The molecule has 3 N–H and O–H groups in total. The van der Waals surface area contributed by atoms with Crippen LogP contribution in [0.15, 0.2) is 102 Å². The molecule has 0 bridgehead atoms. The molecule has 0 aliphatic heterocycles. The molecule has 0 unspecified atom stereocenters. The van der Waals surface area contributed by atoms with E-state index in [1.165, 1.54) is 21.7 Å². The lowest BCUT2D eigenvalue weighted by molar-refractivity contribution is -0.124. The number of hydrogen-bond acceptors (Lipinski definition) is 6. The second kappa shape index (κ2) is 11.7. The number of nitrogens with one attached hydrogen (secondary N) is 2. The van der Waals surface area contributed by atoms with Gasteiger partial charge in [-0.3, -0.25) is 15.0 Å². The van der Waals surface area contributed by atoms with Crippen LogP contribution in [0.4, 0.5) is 0 Å². The number of aromatic nitrogens is 2. The number of rotatable bonds is 10. The van der Waals surface area contributed by atoms with Gasteiger partial charge in [0.1, 0.15) is 4.21 Å². The van der Waals surface area contributed by atoms with Gasteiger partial charge in [0.25, 0.3) is 15.9 Å². The van der Waals surface area contributed by atoms with Crippen LogP contribution in [0, 0.1) is 0 Å². The zero-order valence-corrected chi connectivity index (χ0v) is 22.5. The number of nitrogens with zero attached hydrogens (tertiary/aromatic N) is 2. The molecule has 0 spiro atoms. The summed E-state index contributed by atoms with van der Waals surface area (Å²) >= 11 is 1.21. The maximum Gasteiger partial charge on any atom is 0.267 e. The Kier molecular flexibility index (Phi) is 7.99. The third kappa shape index (κ3) is 6.15. The van der Waals surface area contributed by atoms with Gasteiger partial charge in [0.2, 0.25) is 0 Å². The van der Waals surface area contributed by atoms with Crippen molar-refractivity contribution in [3.8, 4) is 10.6 Å². The minimum Gasteiger partial charge on any atom is -0.361 e. The van der Waals surface area contributed by atoms with Gasteiger partial charge in [-0.25, -0.2) is 13.9 Å². The van der Waals surface area contributed by atoms with Crippen molar-refractivity contribution in [2.24, 2.45) is 0 Å². The quantitative estimate of drug-likeness (QED) is 0.123. The molecule has 10 heteroatoms. The summed E-state index contributed by atoms with van der Waals surface area (Å²) in [6.45, 7) is 0.474. The van der Waals surface area contributed by atoms with Crippen LogP contribution in [0.5, 0.6) is 0 Å². The number of carbonyl (C=O) groups is 1.